The van der Waals surface area contributed by atoms with E-state index in [-0.39, 0.29) is 12.1 Å². The van der Waals surface area contributed by atoms with Crippen molar-refractivity contribution in [1.29, 1.82) is 0 Å². The lowest BCUT2D eigenvalue weighted by molar-refractivity contribution is 0.367. The monoisotopic (exact) mass is 390 g/mol. The van der Waals surface area contributed by atoms with Gasteiger partial charge in [0, 0.05) is 30.3 Å². The summed E-state index contributed by atoms with van der Waals surface area (Å²) in [4.78, 5) is 6.75. The van der Waals surface area contributed by atoms with Crippen molar-refractivity contribution in [2.75, 3.05) is 7.05 Å². The van der Waals surface area contributed by atoms with Crippen LogP contribution in [0.1, 0.15) is 45.9 Å². The Kier molecular flexibility index (Phi) is 4.71. The summed E-state index contributed by atoms with van der Waals surface area (Å²) in [5.74, 6) is 0. The molecule has 1 N–H and O–H groups in total. The Morgan fingerprint density at radius 3 is 2.36 bits per heavy atom. The lowest BCUT2D eigenvalue weighted by Gasteiger charge is -2.24. The molecule has 0 amide bonds. The van der Waals surface area contributed by atoms with Crippen LogP contribution in [0.5, 0.6) is 0 Å². The zero-order chi connectivity index (χ0) is 20.0. The molecule has 0 aliphatic carbocycles. The molecule has 0 saturated carbocycles. The van der Waals surface area contributed by atoms with Gasteiger partial charge in [-0.1, -0.05) is 12.1 Å². The minimum Gasteiger partial charge on any atom is -0.352 e. The van der Waals surface area contributed by atoms with Crippen molar-refractivity contribution in [3.63, 3.8) is 0 Å². The summed E-state index contributed by atoms with van der Waals surface area (Å²) < 4.78 is 2.35. The lowest BCUT2D eigenvalue weighted by Crippen LogP contribution is -2.25. The van der Waals surface area contributed by atoms with Crippen LogP contribution in [0.2, 0.25) is 0 Å². The number of hydrogen-bond donors (Lipinski definition) is 1. The fourth-order valence-corrected chi connectivity index (χ4v) is 4.65. The summed E-state index contributed by atoms with van der Waals surface area (Å²) in [6.07, 6.45) is 1.84. The second-order valence-corrected chi connectivity index (χ2v) is 8.13. The number of thiocarbonyl (C=S) groups is 1. The van der Waals surface area contributed by atoms with Crippen LogP contribution in [0.25, 0.3) is 5.69 Å². The predicted molar refractivity (Wildman–Crippen MR) is 118 cm³/mol. The van der Waals surface area contributed by atoms with Crippen LogP contribution < -0.4 is 5.32 Å². The summed E-state index contributed by atoms with van der Waals surface area (Å²) in [5, 5.41) is 4.23. The highest BCUT2D eigenvalue weighted by Gasteiger charge is 2.39. The third-order valence-electron chi connectivity index (χ3n) is 5.59. The molecule has 0 bridgehead atoms. The minimum atomic E-state index is 0.0342. The maximum Gasteiger partial charge on any atom is 0.169 e. The Morgan fingerprint density at radius 1 is 1.00 bits per heavy atom. The van der Waals surface area contributed by atoms with Gasteiger partial charge in [-0.15, -0.1) is 0 Å². The van der Waals surface area contributed by atoms with Crippen LogP contribution in [0.4, 0.5) is 0 Å². The zero-order valence-corrected chi connectivity index (χ0v) is 17.8. The van der Waals surface area contributed by atoms with Crippen molar-refractivity contribution in [1.82, 2.24) is 19.8 Å². The molecule has 0 spiro atoms. The standard InChI is InChI=1S/C23H26N4S/c1-14-10-15(2)12-18(11-14)27-16(3)13-19(17(27)4)22-21(25-23(28)26(22)5)20-8-6-7-9-24-20/h6-13,21-22H,1-5H3,(H,25,28)/t21-,22+/m1/s1. The summed E-state index contributed by atoms with van der Waals surface area (Å²) in [6, 6.07) is 15.2. The van der Waals surface area contributed by atoms with Gasteiger partial charge in [0.05, 0.1) is 17.8 Å². The van der Waals surface area contributed by atoms with Gasteiger partial charge in [-0.2, -0.15) is 0 Å². The maximum atomic E-state index is 5.59. The van der Waals surface area contributed by atoms with E-state index in [2.05, 4.69) is 84.8 Å². The maximum absolute atomic E-state index is 5.59. The van der Waals surface area contributed by atoms with E-state index < -0.39 is 0 Å². The number of nitrogens with zero attached hydrogens (tertiary/aromatic N) is 3. The van der Waals surface area contributed by atoms with E-state index in [0.717, 1.165) is 10.8 Å². The lowest BCUT2D eigenvalue weighted by atomic mass is 9.97. The Bertz CT molecular complexity index is 1020. The first-order chi connectivity index (χ1) is 13.4. The number of pyridine rings is 1. The fraction of sp³-hybridized carbons (Fsp3) is 0.304. The van der Waals surface area contributed by atoms with Gasteiger partial charge in [-0.25, -0.2) is 0 Å². The first-order valence-corrected chi connectivity index (χ1v) is 9.99. The highest BCUT2D eigenvalue weighted by molar-refractivity contribution is 7.80. The summed E-state index contributed by atoms with van der Waals surface area (Å²) in [7, 11) is 2.06. The van der Waals surface area contributed by atoms with Crippen molar-refractivity contribution in [3.8, 4) is 5.69 Å². The van der Waals surface area contributed by atoms with Gasteiger partial charge in [0.1, 0.15) is 0 Å². The van der Waals surface area contributed by atoms with Gasteiger partial charge in [-0.05, 0) is 86.9 Å². The average Bonchev–Trinajstić information content (AvgIpc) is 3.10. The molecule has 4 nitrogen and oxygen atoms in total. The van der Waals surface area contributed by atoms with Crippen LogP contribution in [-0.4, -0.2) is 26.6 Å². The number of benzene rings is 1. The Morgan fingerprint density at radius 2 is 1.71 bits per heavy atom. The van der Waals surface area contributed by atoms with Gasteiger partial charge in [0.15, 0.2) is 5.11 Å². The molecule has 0 unspecified atom stereocenters. The van der Waals surface area contributed by atoms with E-state index in [1.807, 2.05) is 18.3 Å². The third-order valence-corrected chi connectivity index (χ3v) is 6.00. The van der Waals surface area contributed by atoms with Gasteiger partial charge in [-0.3, -0.25) is 4.98 Å². The van der Waals surface area contributed by atoms with Crippen LogP contribution in [-0.2, 0) is 0 Å². The van der Waals surface area contributed by atoms with Gasteiger partial charge in [0.2, 0.25) is 0 Å². The smallest absolute Gasteiger partial charge is 0.169 e. The van der Waals surface area contributed by atoms with E-state index in [9.17, 15) is 0 Å². The molecule has 28 heavy (non-hydrogen) atoms. The molecule has 1 fully saturated rings. The highest BCUT2D eigenvalue weighted by atomic mass is 32.1. The molecule has 1 aliphatic heterocycles. The summed E-state index contributed by atoms with van der Waals surface area (Å²) in [6.45, 7) is 8.67. The van der Waals surface area contributed by atoms with Crippen molar-refractivity contribution in [2.24, 2.45) is 0 Å². The Hall–Kier alpha value is -2.66. The molecule has 2 aromatic heterocycles. The number of aromatic nitrogens is 2. The molecular formula is C23H26N4S. The Balaban J connectivity index is 1.83. The van der Waals surface area contributed by atoms with Crippen molar-refractivity contribution in [2.45, 2.75) is 39.8 Å². The van der Waals surface area contributed by atoms with Crippen LogP contribution in [0.15, 0.2) is 48.7 Å². The molecule has 1 aromatic carbocycles. The number of hydrogen-bond acceptors (Lipinski definition) is 2. The van der Waals surface area contributed by atoms with Crippen molar-refractivity contribution < 1.29 is 0 Å². The molecule has 3 heterocycles. The van der Waals surface area contributed by atoms with E-state index in [1.54, 1.807) is 0 Å². The number of aryl methyl sites for hydroxylation is 3. The average molecular weight is 391 g/mol. The van der Waals surface area contributed by atoms with Crippen molar-refractivity contribution >= 4 is 17.3 Å². The first-order valence-electron chi connectivity index (χ1n) is 9.58. The molecule has 144 valence electrons. The normalized spacial score (nSPS) is 19.2. The molecule has 1 saturated heterocycles. The van der Waals surface area contributed by atoms with E-state index >= 15 is 0 Å². The van der Waals surface area contributed by atoms with Gasteiger partial charge in [0.25, 0.3) is 0 Å². The predicted octanol–water partition coefficient (Wildman–Crippen LogP) is 4.71. The SMILES string of the molecule is Cc1cc(C)cc(-n2c(C)cc([C@H]3[C@@H](c4ccccn4)NC(=S)N3C)c2C)c1. The number of nitrogens with one attached hydrogen (secondary N) is 1. The molecule has 0 radical (unpaired) electrons. The van der Waals surface area contributed by atoms with E-state index in [1.165, 1.54) is 33.8 Å². The first kappa shape index (κ1) is 18.7. The highest BCUT2D eigenvalue weighted by Crippen LogP contribution is 2.40. The van der Waals surface area contributed by atoms with Crippen LogP contribution in [0, 0.1) is 27.7 Å². The second kappa shape index (κ2) is 7.06. The molecule has 2 atom stereocenters. The molecule has 3 aromatic rings. The van der Waals surface area contributed by atoms with Crippen LogP contribution >= 0.6 is 12.2 Å². The summed E-state index contributed by atoms with van der Waals surface area (Å²) >= 11 is 5.59. The van der Waals surface area contributed by atoms with E-state index in [4.69, 9.17) is 12.2 Å². The van der Waals surface area contributed by atoms with Crippen LogP contribution in [0.3, 0.4) is 0 Å². The van der Waals surface area contributed by atoms with Crippen molar-refractivity contribution in [3.05, 3.63) is 82.4 Å². The van der Waals surface area contributed by atoms with E-state index in [0.29, 0.717) is 0 Å². The molecule has 5 heteroatoms. The molecule has 1 aliphatic rings. The number of rotatable bonds is 3. The fourth-order valence-electron chi connectivity index (χ4n) is 4.41. The largest absolute Gasteiger partial charge is 0.352 e. The molecule has 4 rings (SSSR count). The van der Waals surface area contributed by atoms with Gasteiger partial charge < -0.3 is 14.8 Å². The second-order valence-electron chi connectivity index (χ2n) is 7.75. The topological polar surface area (TPSA) is 33.1 Å². The number of likely N-dealkylation sites (N-methyl/N-ethyl adjacent to an activating group) is 1. The minimum absolute atomic E-state index is 0.0342. The molecular weight excluding hydrogens is 364 g/mol. The Labute approximate surface area is 172 Å². The van der Waals surface area contributed by atoms with Gasteiger partial charge >= 0.3 is 0 Å². The quantitative estimate of drug-likeness (QED) is 0.657. The summed E-state index contributed by atoms with van der Waals surface area (Å²) in [5.41, 5.74) is 8.52. The zero-order valence-electron chi connectivity index (χ0n) is 17.0. The third kappa shape index (κ3) is 3.10.